The van der Waals surface area contributed by atoms with Gasteiger partial charge in [-0.25, -0.2) is 13.6 Å². The first-order valence-electron chi connectivity index (χ1n) is 13.6. The van der Waals surface area contributed by atoms with Crippen molar-refractivity contribution in [3.05, 3.63) is 98.5 Å². The first-order chi connectivity index (χ1) is 21.0. The molecule has 3 aromatic rings. The van der Waals surface area contributed by atoms with E-state index in [-0.39, 0.29) is 27.6 Å². The van der Waals surface area contributed by atoms with E-state index in [0.717, 1.165) is 31.4 Å². The molecule has 0 spiro atoms. The molecule has 0 unspecified atom stereocenters. The molecule has 2 N–H and O–H groups in total. The zero-order valence-electron chi connectivity index (χ0n) is 24.5. The van der Waals surface area contributed by atoms with Crippen LogP contribution < -0.4 is 10.6 Å². The number of ether oxygens (including phenoxy) is 1. The molecule has 1 fully saturated rings. The SMILES string of the molecule is COC(=O)c1cccc(NC(=O)[C@@H]2N[C@@H](CC(C)(C)C)[C@](C#N)(c3ccc(Cl)cc3F)[C@H]2c2cccc(Cl)c2F)c1C(F)(F)F. The average molecular weight is 668 g/mol. The Balaban J connectivity index is 1.98. The lowest BCUT2D eigenvalue weighted by atomic mass is 9.62. The van der Waals surface area contributed by atoms with Crippen LogP contribution in [-0.4, -0.2) is 31.1 Å². The van der Waals surface area contributed by atoms with Crippen molar-refractivity contribution < 1.29 is 36.3 Å². The molecule has 6 nitrogen and oxygen atoms in total. The van der Waals surface area contributed by atoms with E-state index in [0.29, 0.717) is 0 Å². The number of rotatable bonds is 6. The molecule has 4 rings (SSSR count). The largest absolute Gasteiger partial charge is 0.465 e. The predicted molar refractivity (Wildman–Crippen MR) is 159 cm³/mol. The van der Waals surface area contributed by atoms with Crippen LogP contribution in [-0.2, 0) is 21.1 Å². The second-order valence-corrected chi connectivity index (χ2v) is 12.7. The number of hydrogen-bond donors (Lipinski definition) is 2. The first kappa shape index (κ1) is 34.2. The Bertz CT molecular complexity index is 1690. The Morgan fingerprint density at radius 3 is 2.31 bits per heavy atom. The minimum Gasteiger partial charge on any atom is -0.465 e. The van der Waals surface area contributed by atoms with Gasteiger partial charge >= 0.3 is 12.1 Å². The number of benzene rings is 3. The highest BCUT2D eigenvalue weighted by molar-refractivity contribution is 6.31. The number of halogens is 7. The molecule has 1 aliphatic heterocycles. The molecule has 238 valence electrons. The number of anilines is 1. The third-order valence-electron chi connectivity index (χ3n) is 7.74. The summed E-state index contributed by atoms with van der Waals surface area (Å²) in [6.07, 6.45) is -4.96. The van der Waals surface area contributed by atoms with Crippen molar-refractivity contribution in [3.8, 4) is 6.07 Å². The Morgan fingerprint density at radius 1 is 1.07 bits per heavy atom. The van der Waals surface area contributed by atoms with Crippen LogP contribution in [0, 0.1) is 28.4 Å². The van der Waals surface area contributed by atoms with Crippen molar-refractivity contribution in [1.82, 2.24) is 5.32 Å². The quantitative estimate of drug-likeness (QED) is 0.205. The predicted octanol–water partition coefficient (Wildman–Crippen LogP) is 8.04. The van der Waals surface area contributed by atoms with E-state index < -0.39 is 75.3 Å². The lowest BCUT2D eigenvalue weighted by molar-refractivity contribution is -0.137. The molecule has 1 amide bonds. The average Bonchev–Trinajstić information content (AvgIpc) is 3.26. The number of alkyl halides is 3. The summed E-state index contributed by atoms with van der Waals surface area (Å²) >= 11 is 12.1. The number of carbonyl (C=O) groups excluding carboxylic acids is 2. The fourth-order valence-electron chi connectivity index (χ4n) is 6.01. The molecule has 0 bridgehead atoms. The van der Waals surface area contributed by atoms with E-state index in [1.807, 2.05) is 20.8 Å². The summed E-state index contributed by atoms with van der Waals surface area (Å²) in [5.41, 5.74) is -6.04. The third kappa shape index (κ3) is 6.50. The highest BCUT2D eigenvalue weighted by Gasteiger charge is 2.61. The summed E-state index contributed by atoms with van der Waals surface area (Å²) in [6, 6.07) is 10.0. The van der Waals surface area contributed by atoms with Crippen molar-refractivity contribution in [2.75, 3.05) is 12.4 Å². The fraction of sp³-hybridized carbons (Fsp3) is 0.344. The maximum Gasteiger partial charge on any atom is 0.419 e. The van der Waals surface area contributed by atoms with Crippen LogP contribution in [0.25, 0.3) is 0 Å². The maximum atomic E-state index is 15.8. The minimum absolute atomic E-state index is 0.0209. The Kier molecular flexibility index (Phi) is 9.55. The highest BCUT2D eigenvalue weighted by atomic mass is 35.5. The van der Waals surface area contributed by atoms with E-state index in [1.54, 1.807) is 0 Å². The number of nitriles is 1. The lowest BCUT2D eigenvalue weighted by Gasteiger charge is -2.37. The van der Waals surface area contributed by atoms with E-state index in [2.05, 4.69) is 21.4 Å². The Morgan fingerprint density at radius 2 is 1.73 bits per heavy atom. The molecule has 1 aliphatic rings. The molecule has 0 aliphatic carbocycles. The van der Waals surface area contributed by atoms with Crippen molar-refractivity contribution in [3.63, 3.8) is 0 Å². The fourth-order valence-corrected chi connectivity index (χ4v) is 6.35. The number of nitrogens with one attached hydrogen (secondary N) is 2. The smallest absolute Gasteiger partial charge is 0.419 e. The van der Waals surface area contributed by atoms with Gasteiger partial charge in [-0.1, -0.05) is 68.2 Å². The van der Waals surface area contributed by atoms with Crippen LogP contribution in [0.1, 0.15) is 60.2 Å². The summed E-state index contributed by atoms with van der Waals surface area (Å²) in [7, 11) is 0.910. The van der Waals surface area contributed by atoms with Crippen LogP contribution in [0.3, 0.4) is 0 Å². The number of esters is 1. The van der Waals surface area contributed by atoms with Crippen LogP contribution in [0.15, 0.2) is 54.6 Å². The second-order valence-electron chi connectivity index (χ2n) is 11.9. The number of carbonyl (C=O) groups is 2. The molecular formula is C32H28Cl2F5N3O3. The molecule has 4 atom stereocenters. The van der Waals surface area contributed by atoms with Crippen molar-refractivity contribution in [2.24, 2.45) is 5.41 Å². The van der Waals surface area contributed by atoms with Gasteiger partial charge in [-0.05, 0) is 47.7 Å². The zero-order chi connectivity index (χ0) is 33.5. The van der Waals surface area contributed by atoms with Gasteiger partial charge < -0.3 is 15.4 Å². The molecule has 45 heavy (non-hydrogen) atoms. The Labute approximate surface area is 266 Å². The molecule has 13 heteroatoms. The summed E-state index contributed by atoms with van der Waals surface area (Å²) in [5.74, 6) is -5.79. The van der Waals surface area contributed by atoms with Gasteiger partial charge in [-0.3, -0.25) is 4.79 Å². The molecular weight excluding hydrogens is 640 g/mol. The van der Waals surface area contributed by atoms with Gasteiger partial charge in [-0.2, -0.15) is 18.4 Å². The van der Waals surface area contributed by atoms with Crippen LogP contribution >= 0.6 is 23.2 Å². The normalized spacial score (nSPS) is 21.7. The molecule has 1 heterocycles. The molecule has 1 saturated heterocycles. The van der Waals surface area contributed by atoms with Crippen LogP contribution in [0.5, 0.6) is 0 Å². The van der Waals surface area contributed by atoms with Gasteiger partial charge in [0.05, 0.1) is 41.1 Å². The summed E-state index contributed by atoms with van der Waals surface area (Å²) in [4.78, 5) is 26.3. The lowest BCUT2D eigenvalue weighted by Crippen LogP contribution is -2.45. The van der Waals surface area contributed by atoms with Crippen molar-refractivity contribution in [2.45, 2.75) is 56.8 Å². The van der Waals surface area contributed by atoms with Crippen LogP contribution in [0.2, 0.25) is 10.0 Å². The van der Waals surface area contributed by atoms with E-state index in [1.165, 1.54) is 30.3 Å². The van der Waals surface area contributed by atoms with Gasteiger partial charge in [0.1, 0.15) is 17.0 Å². The van der Waals surface area contributed by atoms with E-state index >= 15 is 8.78 Å². The standard InChI is InChI=1S/C32H28Cl2F5N3O3/c1-30(2,3)14-23-31(15-40,19-12-11-16(33)13-21(19)35)25(17-7-5-9-20(34)26(17)36)27(42-23)28(43)41-22-10-6-8-18(29(44)45-4)24(22)32(37,38)39/h5-13,23,25,27,42H,14H2,1-4H3,(H,41,43)/t23-,25-,27+,31-/m0/s1. The van der Waals surface area contributed by atoms with Gasteiger partial charge in [0.15, 0.2) is 0 Å². The van der Waals surface area contributed by atoms with Gasteiger partial charge in [0, 0.05) is 22.5 Å². The monoisotopic (exact) mass is 667 g/mol. The minimum atomic E-state index is -5.10. The number of nitrogens with zero attached hydrogens (tertiary/aromatic N) is 1. The second kappa shape index (κ2) is 12.6. The van der Waals surface area contributed by atoms with Gasteiger partial charge in [0.25, 0.3) is 0 Å². The van der Waals surface area contributed by atoms with Gasteiger partial charge in [-0.15, -0.1) is 0 Å². The molecule has 0 radical (unpaired) electrons. The zero-order valence-corrected chi connectivity index (χ0v) is 26.0. The molecule has 0 saturated carbocycles. The number of amides is 1. The first-order valence-corrected chi connectivity index (χ1v) is 14.4. The van der Waals surface area contributed by atoms with E-state index in [4.69, 9.17) is 23.2 Å². The molecule has 3 aromatic carbocycles. The third-order valence-corrected chi connectivity index (χ3v) is 8.27. The van der Waals surface area contributed by atoms with E-state index in [9.17, 15) is 28.0 Å². The van der Waals surface area contributed by atoms with Crippen LogP contribution in [0.4, 0.5) is 27.6 Å². The summed E-state index contributed by atoms with van der Waals surface area (Å²) in [6.45, 7) is 5.52. The van der Waals surface area contributed by atoms with Crippen molar-refractivity contribution >= 4 is 40.8 Å². The Hall–Kier alpha value is -3.72. The number of methoxy groups -OCH3 is 1. The van der Waals surface area contributed by atoms with Gasteiger partial charge in [0.2, 0.25) is 5.91 Å². The number of hydrogen-bond acceptors (Lipinski definition) is 5. The topological polar surface area (TPSA) is 91.2 Å². The van der Waals surface area contributed by atoms with Crippen molar-refractivity contribution in [1.29, 1.82) is 5.26 Å². The highest BCUT2D eigenvalue weighted by Crippen LogP contribution is 2.53. The maximum absolute atomic E-state index is 15.8. The summed E-state index contributed by atoms with van der Waals surface area (Å²) in [5, 5.41) is 15.8. The molecule has 0 aromatic heterocycles. The summed E-state index contributed by atoms with van der Waals surface area (Å²) < 4.78 is 78.9.